The van der Waals surface area contributed by atoms with Crippen LogP contribution in [0.15, 0.2) is 78.9 Å². The first-order chi connectivity index (χ1) is 17.6. The standard InChI is InChI=1S/C29H29N3O4/c1-3-5-18-31-27(33)25(28(34)35-4-2)26(32-24-17-10-9-16-23(24)30-29(31)32)20-12-11-15-22(19-20)36-21-13-7-6-8-14-21/h6-17,19,25-26H,3-5,18H2,1-2H3/t25-,26+/m1/s1. The van der Waals surface area contributed by atoms with Crippen LogP contribution in [0, 0.1) is 5.92 Å². The molecule has 184 valence electrons. The van der Waals surface area contributed by atoms with Crippen molar-refractivity contribution in [1.29, 1.82) is 0 Å². The zero-order valence-electron chi connectivity index (χ0n) is 20.5. The summed E-state index contributed by atoms with van der Waals surface area (Å²) < 4.78 is 13.5. The van der Waals surface area contributed by atoms with Crippen molar-refractivity contribution in [2.24, 2.45) is 5.92 Å². The summed E-state index contributed by atoms with van der Waals surface area (Å²) in [6, 6.07) is 24.2. The lowest BCUT2D eigenvalue weighted by atomic mass is 9.89. The van der Waals surface area contributed by atoms with E-state index in [0.717, 1.165) is 29.4 Å². The van der Waals surface area contributed by atoms with Crippen LogP contribution in [0.5, 0.6) is 11.5 Å². The number of anilines is 1. The number of imidazole rings is 1. The Morgan fingerprint density at radius 2 is 1.69 bits per heavy atom. The molecule has 1 aliphatic heterocycles. The van der Waals surface area contributed by atoms with Gasteiger partial charge in [-0.05, 0) is 55.3 Å². The number of unbranched alkanes of at least 4 members (excludes halogenated alkanes) is 1. The fraction of sp³-hybridized carbons (Fsp3) is 0.276. The number of para-hydroxylation sites is 3. The van der Waals surface area contributed by atoms with E-state index in [2.05, 4.69) is 6.92 Å². The molecule has 7 nitrogen and oxygen atoms in total. The molecule has 1 amide bonds. The van der Waals surface area contributed by atoms with Crippen LogP contribution in [-0.2, 0) is 14.3 Å². The minimum absolute atomic E-state index is 0.193. The van der Waals surface area contributed by atoms with E-state index in [9.17, 15) is 9.59 Å². The molecule has 0 radical (unpaired) electrons. The maximum absolute atomic E-state index is 13.9. The lowest BCUT2D eigenvalue weighted by Crippen LogP contribution is -2.50. The maximum atomic E-state index is 13.9. The number of hydrogen-bond acceptors (Lipinski definition) is 5. The Morgan fingerprint density at radius 1 is 0.944 bits per heavy atom. The molecule has 5 rings (SSSR count). The van der Waals surface area contributed by atoms with Gasteiger partial charge in [-0.3, -0.25) is 14.5 Å². The van der Waals surface area contributed by atoms with Crippen LogP contribution in [0.2, 0.25) is 0 Å². The lowest BCUT2D eigenvalue weighted by molar-refractivity contribution is -0.153. The highest BCUT2D eigenvalue weighted by Gasteiger charge is 2.47. The van der Waals surface area contributed by atoms with Gasteiger partial charge in [0.25, 0.3) is 0 Å². The van der Waals surface area contributed by atoms with Crippen LogP contribution >= 0.6 is 0 Å². The first kappa shape index (κ1) is 23.6. The second-order valence-corrected chi connectivity index (χ2v) is 8.78. The van der Waals surface area contributed by atoms with Crippen LogP contribution in [0.3, 0.4) is 0 Å². The number of hydrogen-bond donors (Lipinski definition) is 0. The van der Waals surface area contributed by atoms with E-state index in [1.807, 2.05) is 83.4 Å². The second kappa shape index (κ2) is 10.2. The summed E-state index contributed by atoms with van der Waals surface area (Å²) in [4.78, 5) is 33.7. The van der Waals surface area contributed by atoms with Crippen molar-refractivity contribution in [1.82, 2.24) is 9.55 Å². The average molecular weight is 484 g/mol. The molecule has 0 bridgehead atoms. The largest absolute Gasteiger partial charge is 0.465 e. The quantitative estimate of drug-likeness (QED) is 0.236. The van der Waals surface area contributed by atoms with E-state index in [-0.39, 0.29) is 12.5 Å². The van der Waals surface area contributed by atoms with Crippen molar-refractivity contribution >= 4 is 28.9 Å². The molecule has 0 fully saturated rings. The molecule has 1 aromatic heterocycles. The Balaban J connectivity index is 1.68. The van der Waals surface area contributed by atoms with Gasteiger partial charge in [-0.15, -0.1) is 0 Å². The molecular weight excluding hydrogens is 454 g/mol. The van der Waals surface area contributed by atoms with Gasteiger partial charge in [-0.2, -0.15) is 0 Å². The average Bonchev–Trinajstić information content (AvgIpc) is 3.27. The minimum Gasteiger partial charge on any atom is -0.465 e. The Kier molecular flexibility index (Phi) is 6.71. The molecule has 1 aliphatic rings. The number of benzene rings is 3. The molecular formula is C29H29N3O4. The van der Waals surface area contributed by atoms with Crippen molar-refractivity contribution < 1.29 is 19.1 Å². The summed E-state index contributed by atoms with van der Waals surface area (Å²) in [7, 11) is 0. The summed E-state index contributed by atoms with van der Waals surface area (Å²) in [6.07, 6.45) is 1.71. The number of rotatable bonds is 8. The summed E-state index contributed by atoms with van der Waals surface area (Å²) in [5.74, 6) is 0.00771. The number of esters is 1. The van der Waals surface area contributed by atoms with E-state index in [4.69, 9.17) is 14.5 Å². The predicted molar refractivity (Wildman–Crippen MR) is 138 cm³/mol. The number of aromatic nitrogens is 2. The third-order valence-electron chi connectivity index (χ3n) is 6.40. The third-order valence-corrected chi connectivity index (χ3v) is 6.40. The van der Waals surface area contributed by atoms with Crippen LogP contribution < -0.4 is 9.64 Å². The number of nitrogens with zero attached hydrogens (tertiary/aromatic N) is 3. The van der Waals surface area contributed by atoms with Crippen molar-refractivity contribution in [3.05, 3.63) is 84.4 Å². The number of amides is 1. The van der Waals surface area contributed by atoms with Crippen LogP contribution in [-0.4, -0.2) is 34.6 Å². The lowest BCUT2D eigenvalue weighted by Gasteiger charge is -2.38. The molecule has 2 atom stereocenters. The van der Waals surface area contributed by atoms with E-state index in [1.54, 1.807) is 11.8 Å². The van der Waals surface area contributed by atoms with Crippen LogP contribution in [0.1, 0.15) is 38.3 Å². The fourth-order valence-corrected chi connectivity index (χ4v) is 4.76. The predicted octanol–water partition coefficient (Wildman–Crippen LogP) is 5.74. The van der Waals surface area contributed by atoms with Gasteiger partial charge in [-0.1, -0.05) is 55.8 Å². The van der Waals surface area contributed by atoms with Gasteiger partial charge in [-0.25, -0.2) is 4.98 Å². The van der Waals surface area contributed by atoms with E-state index in [0.29, 0.717) is 24.0 Å². The number of ether oxygens (including phenoxy) is 2. The summed E-state index contributed by atoms with van der Waals surface area (Å²) in [6.45, 7) is 4.50. The summed E-state index contributed by atoms with van der Waals surface area (Å²) in [5, 5.41) is 0. The second-order valence-electron chi connectivity index (χ2n) is 8.78. The molecule has 3 aromatic carbocycles. The van der Waals surface area contributed by atoms with Gasteiger partial charge < -0.3 is 14.0 Å². The molecule has 0 unspecified atom stereocenters. The zero-order valence-corrected chi connectivity index (χ0v) is 20.5. The molecule has 2 heterocycles. The maximum Gasteiger partial charge on any atom is 0.321 e. The van der Waals surface area contributed by atoms with Gasteiger partial charge >= 0.3 is 5.97 Å². The normalized spacial score (nSPS) is 17.2. The van der Waals surface area contributed by atoms with Crippen LogP contribution in [0.25, 0.3) is 11.0 Å². The summed E-state index contributed by atoms with van der Waals surface area (Å²) >= 11 is 0. The summed E-state index contributed by atoms with van der Waals surface area (Å²) in [5.41, 5.74) is 2.40. The zero-order chi connectivity index (χ0) is 25.1. The van der Waals surface area contributed by atoms with Crippen molar-refractivity contribution in [2.45, 2.75) is 32.7 Å². The number of carbonyl (C=O) groups excluding carboxylic acids is 2. The van der Waals surface area contributed by atoms with Gasteiger partial charge in [0.15, 0.2) is 5.92 Å². The Labute approximate surface area is 210 Å². The highest BCUT2D eigenvalue weighted by Crippen LogP contribution is 2.42. The Hall–Kier alpha value is -4.13. The van der Waals surface area contributed by atoms with Crippen LogP contribution in [0.4, 0.5) is 5.95 Å². The highest BCUT2D eigenvalue weighted by molar-refractivity contribution is 6.08. The van der Waals surface area contributed by atoms with Gasteiger partial charge in [0, 0.05) is 6.54 Å². The van der Waals surface area contributed by atoms with Gasteiger partial charge in [0.05, 0.1) is 23.7 Å². The third kappa shape index (κ3) is 4.33. The Morgan fingerprint density at radius 3 is 2.47 bits per heavy atom. The minimum atomic E-state index is -1.04. The van der Waals surface area contributed by atoms with Gasteiger partial charge in [0.2, 0.25) is 11.9 Å². The monoisotopic (exact) mass is 483 g/mol. The highest BCUT2D eigenvalue weighted by atomic mass is 16.5. The van der Waals surface area contributed by atoms with Gasteiger partial charge in [0.1, 0.15) is 11.5 Å². The van der Waals surface area contributed by atoms with Crippen molar-refractivity contribution in [3.63, 3.8) is 0 Å². The molecule has 0 saturated heterocycles. The van der Waals surface area contributed by atoms with Crippen molar-refractivity contribution in [3.8, 4) is 11.5 Å². The molecule has 36 heavy (non-hydrogen) atoms. The molecule has 7 heteroatoms. The first-order valence-electron chi connectivity index (χ1n) is 12.4. The molecule has 0 N–H and O–H groups in total. The van der Waals surface area contributed by atoms with E-state index in [1.165, 1.54) is 0 Å². The topological polar surface area (TPSA) is 73.7 Å². The fourth-order valence-electron chi connectivity index (χ4n) is 4.76. The number of carbonyl (C=O) groups is 2. The molecule has 0 aliphatic carbocycles. The van der Waals surface area contributed by atoms with E-state index >= 15 is 0 Å². The molecule has 0 spiro atoms. The SMILES string of the molecule is CCCCN1C(=O)[C@H](C(=O)OCC)[C@H](c2cccc(Oc3ccccc3)c2)n2c1nc1ccccc12. The smallest absolute Gasteiger partial charge is 0.321 e. The first-order valence-corrected chi connectivity index (χ1v) is 12.4. The van der Waals surface area contributed by atoms with Crippen molar-refractivity contribution in [2.75, 3.05) is 18.1 Å². The Bertz CT molecular complexity index is 1380. The molecule has 4 aromatic rings. The number of fused-ring (bicyclic) bond motifs is 3. The van der Waals surface area contributed by atoms with E-state index < -0.39 is 17.9 Å². The molecule has 0 saturated carbocycles.